The molecule has 0 amide bonds. The molecule has 286 valence electrons. The van der Waals surface area contributed by atoms with E-state index < -0.39 is 0 Å². The Labute approximate surface area is 351 Å². The van der Waals surface area contributed by atoms with Gasteiger partial charge in [0, 0.05) is 55.2 Å². The van der Waals surface area contributed by atoms with Gasteiger partial charge in [-0.3, -0.25) is 9.13 Å². The Morgan fingerprint density at radius 1 is 0.279 bits per heavy atom. The number of benzene rings is 8. The number of para-hydroxylation sites is 4. The van der Waals surface area contributed by atoms with Crippen molar-refractivity contribution in [2.45, 2.75) is 0 Å². The van der Waals surface area contributed by atoms with Gasteiger partial charge in [0.25, 0.3) is 0 Å². The van der Waals surface area contributed by atoms with E-state index in [0.717, 1.165) is 89.5 Å². The van der Waals surface area contributed by atoms with Gasteiger partial charge < -0.3 is 4.57 Å². The third kappa shape index (κ3) is 5.74. The van der Waals surface area contributed by atoms with E-state index in [1.54, 1.807) is 0 Å². The van der Waals surface area contributed by atoms with Gasteiger partial charge in [-0.05, 0) is 54.6 Å². The van der Waals surface area contributed by atoms with Crippen molar-refractivity contribution in [3.05, 3.63) is 212 Å². The molecule has 7 nitrogen and oxygen atoms in total. The summed E-state index contributed by atoms with van der Waals surface area (Å²) in [6.45, 7) is 0. The number of aromatic nitrogens is 7. The van der Waals surface area contributed by atoms with Crippen molar-refractivity contribution in [1.82, 2.24) is 33.9 Å². The van der Waals surface area contributed by atoms with Crippen LogP contribution in [0.3, 0.4) is 0 Å². The van der Waals surface area contributed by atoms with Crippen LogP contribution < -0.4 is 0 Å². The van der Waals surface area contributed by atoms with Crippen molar-refractivity contribution in [3.63, 3.8) is 0 Å². The van der Waals surface area contributed by atoms with Crippen LogP contribution >= 0.6 is 0 Å². The molecule has 0 aliphatic heterocycles. The predicted molar refractivity (Wildman–Crippen MR) is 247 cm³/mol. The van der Waals surface area contributed by atoms with Crippen LogP contribution in [-0.4, -0.2) is 33.9 Å². The van der Waals surface area contributed by atoms with E-state index in [1.165, 1.54) is 10.8 Å². The highest BCUT2D eigenvalue weighted by atomic mass is 15.3. The fraction of sp³-hybridized carbons (Fsp3) is 0. The quantitative estimate of drug-likeness (QED) is 0.161. The third-order valence-corrected chi connectivity index (χ3v) is 11.6. The second kappa shape index (κ2) is 14.1. The largest absolute Gasteiger partial charge is 0.309 e. The summed E-state index contributed by atoms with van der Waals surface area (Å²) in [6.07, 6.45) is 0. The Balaban J connectivity index is 1.08. The van der Waals surface area contributed by atoms with E-state index in [0.29, 0.717) is 5.95 Å². The van der Waals surface area contributed by atoms with Gasteiger partial charge in [-0.1, -0.05) is 158 Å². The van der Waals surface area contributed by atoms with E-state index in [-0.39, 0.29) is 0 Å². The number of hydrogen-bond acceptors (Lipinski definition) is 4. The van der Waals surface area contributed by atoms with Crippen LogP contribution in [0.4, 0.5) is 0 Å². The van der Waals surface area contributed by atoms with Gasteiger partial charge in [-0.25, -0.2) is 9.97 Å². The average Bonchev–Trinajstić information content (AvgIpc) is 4.03. The van der Waals surface area contributed by atoms with Crippen LogP contribution in [0, 0.1) is 0 Å². The van der Waals surface area contributed by atoms with Crippen molar-refractivity contribution in [2.75, 3.05) is 0 Å². The minimum Gasteiger partial charge on any atom is -0.309 e. The van der Waals surface area contributed by atoms with Crippen LogP contribution in [0.25, 0.3) is 106 Å². The van der Waals surface area contributed by atoms with Gasteiger partial charge in [-0.15, -0.1) is 10.2 Å². The smallest absolute Gasteiger partial charge is 0.235 e. The molecular weight excluding hydrogens is 747 g/mol. The van der Waals surface area contributed by atoms with Gasteiger partial charge in [0.05, 0.1) is 33.5 Å². The first-order chi connectivity index (χ1) is 30.3. The topological polar surface area (TPSA) is 66.3 Å². The molecule has 0 fully saturated rings. The standard InChI is InChI=1S/C54H35N7/c1-5-17-36(18-6-1)46-35-47(37-19-7-2-8-20-37)56-54(55-46)61-49-28-16-14-26-43(49)45-32-30-39(34-51(45)61)53-58-57-52(60(53)41-23-11-4-12-24-41)38-29-31-44-42-25-13-15-27-48(42)59(50(44)33-38)40-21-9-3-10-22-40/h1-35H. The molecule has 0 unspecified atom stereocenters. The molecule has 0 radical (unpaired) electrons. The van der Waals surface area contributed by atoms with Crippen LogP contribution in [0.5, 0.6) is 0 Å². The van der Waals surface area contributed by atoms with Gasteiger partial charge in [0.15, 0.2) is 11.6 Å². The summed E-state index contributed by atoms with van der Waals surface area (Å²) in [6, 6.07) is 73.9. The maximum atomic E-state index is 5.27. The fourth-order valence-corrected chi connectivity index (χ4v) is 8.82. The summed E-state index contributed by atoms with van der Waals surface area (Å²) >= 11 is 0. The molecule has 4 aromatic heterocycles. The van der Waals surface area contributed by atoms with E-state index in [9.17, 15) is 0 Å². The number of hydrogen-bond donors (Lipinski definition) is 0. The molecule has 0 spiro atoms. The van der Waals surface area contributed by atoms with Crippen molar-refractivity contribution in [3.8, 4) is 62.6 Å². The highest BCUT2D eigenvalue weighted by Gasteiger charge is 2.22. The Hall–Kier alpha value is -8.42. The summed E-state index contributed by atoms with van der Waals surface area (Å²) < 4.78 is 6.70. The van der Waals surface area contributed by atoms with E-state index >= 15 is 0 Å². The molecule has 12 rings (SSSR count). The van der Waals surface area contributed by atoms with Crippen LogP contribution in [0.1, 0.15) is 0 Å². The highest BCUT2D eigenvalue weighted by molar-refractivity contribution is 6.11. The van der Waals surface area contributed by atoms with Gasteiger partial charge in [-0.2, -0.15) is 0 Å². The third-order valence-electron chi connectivity index (χ3n) is 11.6. The lowest BCUT2D eigenvalue weighted by molar-refractivity contribution is 0.995. The summed E-state index contributed by atoms with van der Waals surface area (Å²) in [4.78, 5) is 10.5. The molecule has 4 heterocycles. The van der Waals surface area contributed by atoms with Crippen molar-refractivity contribution >= 4 is 43.6 Å². The Kier molecular flexibility index (Phi) is 8.03. The Bertz CT molecular complexity index is 3510. The second-order valence-electron chi connectivity index (χ2n) is 15.2. The fourth-order valence-electron chi connectivity index (χ4n) is 8.82. The second-order valence-corrected chi connectivity index (χ2v) is 15.2. The Morgan fingerprint density at radius 2 is 0.672 bits per heavy atom. The minimum absolute atomic E-state index is 0.593. The van der Waals surface area contributed by atoms with E-state index in [4.69, 9.17) is 20.2 Å². The lowest BCUT2D eigenvalue weighted by atomic mass is 10.1. The molecule has 0 aliphatic carbocycles. The van der Waals surface area contributed by atoms with Crippen LogP contribution in [0.15, 0.2) is 212 Å². The first kappa shape index (κ1) is 34.6. The van der Waals surface area contributed by atoms with Crippen LogP contribution in [0.2, 0.25) is 0 Å². The summed E-state index contributed by atoms with van der Waals surface area (Å²) in [7, 11) is 0. The molecule has 0 atom stereocenters. The van der Waals surface area contributed by atoms with Gasteiger partial charge in [0.2, 0.25) is 5.95 Å². The highest BCUT2D eigenvalue weighted by Crippen LogP contribution is 2.39. The zero-order valence-corrected chi connectivity index (χ0v) is 32.8. The number of rotatable bonds is 7. The molecule has 0 N–H and O–H groups in total. The summed E-state index contributed by atoms with van der Waals surface area (Å²) in [5.74, 6) is 2.07. The van der Waals surface area contributed by atoms with Crippen molar-refractivity contribution < 1.29 is 0 Å². The molecule has 12 aromatic rings. The molecular formula is C54H35N7. The minimum atomic E-state index is 0.593. The molecule has 0 saturated carbocycles. The first-order valence-corrected chi connectivity index (χ1v) is 20.4. The lowest BCUT2D eigenvalue weighted by Gasteiger charge is -2.13. The maximum Gasteiger partial charge on any atom is 0.235 e. The van der Waals surface area contributed by atoms with Gasteiger partial charge in [0.1, 0.15) is 0 Å². The number of fused-ring (bicyclic) bond motifs is 6. The SMILES string of the molecule is c1ccc(-c2cc(-c3ccccc3)nc(-n3c4ccccc4c4ccc(-c5nnc(-c6ccc7c8ccccc8n(-c8ccccc8)c7c6)n5-c5ccccc5)cc43)n2)cc1. The van der Waals surface area contributed by atoms with Crippen LogP contribution in [-0.2, 0) is 0 Å². The van der Waals surface area contributed by atoms with Crippen molar-refractivity contribution in [1.29, 1.82) is 0 Å². The molecule has 7 heteroatoms. The molecule has 0 bridgehead atoms. The Morgan fingerprint density at radius 3 is 1.18 bits per heavy atom. The zero-order valence-electron chi connectivity index (χ0n) is 32.8. The molecule has 61 heavy (non-hydrogen) atoms. The molecule has 0 saturated heterocycles. The number of nitrogens with zero attached hydrogens (tertiary/aromatic N) is 7. The monoisotopic (exact) mass is 781 g/mol. The lowest BCUT2D eigenvalue weighted by Crippen LogP contribution is -2.04. The normalized spacial score (nSPS) is 11.6. The van der Waals surface area contributed by atoms with E-state index in [1.807, 2.05) is 42.5 Å². The molecule has 0 aliphatic rings. The first-order valence-electron chi connectivity index (χ1n) is 20.4. The van der Waals surface area contributed by atoms with Gasteiger partial charge >= 0.3 is 0 Å². The van der Waals surface area contributed by atoms with E-state index in [2.05, 4.69) is 184 Å². The molecule has 8 aromatic carbocycles. The summed E-state index contributed by atoms with van der Waals surface area (Å²) in [5, 5.41) is 14.5. The average molecular weight is 782 g/mol. The summed E-state index contributed by atoms with van der Waals surface area (Å²) in [5.41, 5.74) is 12.0. The maximum absolute atomic E-state index is 5.27. The zero-order chi connectivity index (χ0) is 40.3. The van der Waals surface area contributed by atoms with Crippen molar-refractivity contribution in [2.24, 2.45) is 0 Å². The predicted octanol–water partition coefficient (Wildman–Crippen LogP) is 12.9.